The van der Waals surface area contributed by atoms with Crippen molar-refractivity contribution in [3.8, 4) is 0 Å². The van der Waals surface area contributed by atoms with Gasteiger partial charge in [0.1, 0.15) is 10.7 Å². The number of carbonyl (C=O) groups excluding carboxylic acids is 1. The van der Waals surface area contributed by atoms with E-state index in [4.69, 9.17) is 10.7 Å². The zero-order valence-electron chi connectivity index (χ0n) is 10.2. The molecule has 0 heterocycles. The summed E-state index contributed by atoms with van der Waals surface area (Å²) >= 11 is 2.76. The summed E-state index contributed by atoms with van der Waals surface area (Å²) in [6, 6.07) is 1.85. The lowest BCUT2D eigenvalue weighted by Gasteiger charge is -2.07. The van der Waals surface area contributed by atoms with Crippen LogP contribution in [0.15, 0.2) is 21.5 Å². The van der Waals surface area contributed by atoms with Gasteiger partial charge >= 0.3 is 0 Å². The van der Waals surface area contributed by atoms with Crippen LogP contribution in [0.2, 0.25) is 0 Å². The maximum atomic E-state index is 13.6. The van der Waals surface area contributed by atoms with Gasteiger partial charge in [0.25, 0.3) is 15.0 Å². The second-order valence-corrected chi connectivity index (χ2v) is 8.62. The van der Waals surface area contributed by atoms with Crippen molar-refractivity contribution in [2.24, 2.45) is 0 Å². The third-order valence-corrected chi connectivity index (χ3v) is 5.39. The van der Waals surface area contributed by atoms with Crippen LogP contribution in [0, 0.1) is 5.82 Å². The van der Waals surface area contributed by atoms with Gasteiger partial charge in [-0.15, -0.1) is 0 Å². The molecule has 1 rings (SSSR count). The van der Waals surface area contributed by atoms with E-state index in [1.165, 1.54) is 6.26 Å². The van der Waals surface area contributed by atoms with Crippen molar-refractivity contribution in [3.63, 3.8) is 0 Å². The van der Waals surface area contributed by atoms with Crippen LogP contribution in [-0.2, 0) is 19.9 Å². The number of carbonyl (C=O) groups is 1. The third kappa shape index (κ3) is 4.80. The van der Waals surface area contributed by atoms with E-state index in [2.05, 4.69) is 21.2 Å². The van der Waals surface area contributed by atoms with Gasteiger partial charge in [-0.3, -0.25) is 9.00 Å². The molecule has 5 nitrogen and oxygen atoms in total. The highest BCUT2D eigenvalue weighted by Gasteiger charge is 2.21. The molecule has 1 aromatic rings. The highest BCUT2D eigenvalue weighted by Crippen LogP contribution is 2.29. The number of rotatable bonds is 5. The van der Waals surface area contributed by atoms with Crippen LogP contribution < -0.4 is 5.32 Å². The van der Waals surface area contributed by atoms with E-state index in [1.807, 2.05) is 0 Å². The number of hydrogen-bond donors (Lipinski definition) is 1. The predicted molar refractivity (Wildman–Crippen MR) is 78.4 cm³/mol. The van der Waals surface area contributed by atoms with Crippen molar-refractivity contribution in [1.29, 1.82) is 0 Å². The predicted octanol–water partition coefficient (Wildman–Crippen LogP) is 1.62. The summed E-state index contributed by atoms with van der Waals surface area (Å²) in [6.07, 6.45) is 1.48. The maximum absolute atomic E-state index is 13.6. The van der Waals surface area contributed by atoms with Crippen molar-refractivity contribution >= 4 is 52.4 Å². The summed E-state index contributed by atoms with van der Waals surface area (Å²) < 4.78 is 46.7. The summed E-state index contributed by atoms with van der Waals surface area (Å²) in [5.74, 6) is -1.36. The molecule has 0 fully saturated rings. The zero-order chi connectivity index (χ0) is 15.5. The summed E-state index contributed by atoms with van der Waals surface area (Å²) in [4.78, 5) is 11.2. The first-order chi connectivity index (χ1) is 9.12. The molecule has 1 atom stereocenters. The molecule has 0 bridgehead atoms. The monoisotopic (exact) mass is 405 g/mol. The molecule has 0 saturated heterocycles. The molecule has 0 spiro atoms. The number of hydrogen-bond acceptors (Lipinski definition) is 4. The first kappa shape index (κ1) is 17.5. The molecule has 0 aliphatic rings. The molecular formula is C10H10BrClFNO4S2. The quantitative estimate of drug-likeness (QED) is 0.754. The van der Waals surface area contributed by atoms with E-state index in [-0.39, 0.29) is 22.3 Å². The van der Waals surface area contributed by atoms with Gasteiger partial charge in [-0.25, -0.2) is 12.8 Å². The van der Waals surface area contributed by atoms with E-state index < -0.39 is 36.5 Å². The molecule has 1 amide bonds. The highest BCUT2D eigenvalue weighted by atomic mass is 79.9. The van der Waals surface area contributed by atoms with Crippen molar-refractivity contribution < 1.29 is 21.8 Å². The second kappa shape index (κ2) is 6.97. The minimum Gasteiger partial charge on any atom is -0.351 e. The lowest BCUT2D eigenvalue weighted by molar-refractivity contribution is 0.0955. The molecule has 1 N–H and O–H groups in total. The third-order valence-electron chi connectivity index (χ3n) is 2.19. The van der Waals surface area contributed by atoms with Crippen LogP contribution in [0.4, 0.5) is 4.39 Å². The molecule has 1 unspecified atom stereocenters. The Balaban J connectivity index is 3.05. The molecule has 0 saturated carbocycles. The number of benzene rings is 1. The van der Waals surface area contributed by atoms with Crippen molar-refractivity contribution in [2.75, 3.05) is 18.6 Å². The molecule has 112 valence electrons. The molecule has 1 aromatic carbocycles. The first-order valence-corrected chi connectivity index (χ1v) is 9.98. The van der Waals surface area contributed by atoms with Crippen LogP contribution in [-0.4, -0.2) is 37.1 Å². The summed E-state index contributed by atoms with van der Waals surface area (Å²) in [5.41, 5.74) is -0.188. The van der Waals surface area contributed by atoms with Crippen LogP contribution in [0.1, 0.15) is 10.4 Å². The van der Waals surface area contributed by atoms with Gasteiger partial charge in [0.05, 0.1) is 4.47 Å². The van der Waals surface area contributed by atoms with Gasteiger partial charge < -0.3 is 5.32 Å². The van der Waals surface area contributed by atoms with E-state index in [0.717, 1.165) is 12.1 Å². The zero-order valence-corrected chi connectivity index (χ0v) is 14.1. The summed E-state index contributed by atoms with van der Waals surface area (Å²) in [7, 11) is -0.105. The molecule has 0 aromatic heterocycles. The number of nitrogens with one attached hydrogen (secondary N) is 1. The molecule has 10 heteroatoms. The van der Waals surface area contributed by atoms with Crippen LogP contribution >= 0.6 is 26.6 Å². The fraction of sp³-hybridized carbons (Fsp3) is 0.300. The molecule has 0 aliphatic heterocycles. The first-order valence-electron chi connectivity index (χ1n) is 5.15. The highest BCUT2D eigenvalue weighted by molar-refractivity contribution is 9.10. The summed E-state index contributed by atoms with van der Waals surface area (Å²) in [5, 5.41) is 2.40. The average Bonchev–Trinajstić information content (AvgIpc) is 2.30. The van der Waals surface area contributed by atoms with Gasteiger partial charge in [-0.05, 0) is 28.1 Å². The number of amides is 1. The Kier molecular flexibility index (Phi) is 6.11. The fourth-order valence-electron chi connectivity index (χ4n) is 1.28. The van der Waals surface area contributed by atoms with Crippen LogP contribution in [0.5, 0.6) is 0 Å². The Morgan fingerprint density at radius 3 is 2.60 bits per heavy atom. The minimum absolute atomic E-state index is 0.128. The van der Waals surface area contributed by atoms with Crippen LogP contribution in [0.3, 0.4) is 0 Å². The molecule has 20 heavy (non-hydrogen) atoms. The summed E-state index contributed by atoms with van der Waals surface area (Å²) in [6.45, 7) is 0.128. The Bertz CT molecular complexity index is 665. The van der Waals surface area contributed by atoms with Gasteiger partial charge in [-0.1, -0.05) is 0 Å². The molecule has 0 aliphatic carbocycles. The lowest BCUT2D eigenvalue weighted by atomic mass is 10.2. The second-order valence-electron chi connectivity index (χ2n) is 3.74. The Morgan fingerprint density at radius 1 is 1.50 bits per heavy atom. The average molecular weight is 407 g/mol. The van der Waals surface area contributed by atoms with Crippen LogP contribution in [0.25, 0.3) is 0 Å². The van der Waals surface area contributed by atoms with Crippen molar-refractivity contribution in [3.05, 3.63) is 28.0 Å². The van der Waals surface area contributed by atoms with E-state index in [9.17, 15) is 21.8 Å². The smallest absolute Gasteiger partial charge is 0.262 e. The van der Waals surface area contributed by atoms with E-state index in [1.54, 1.807) is 0 Å². The maximum Gasteiger partial charge on any atom is 0.262 e. The molecule has 0 radical (unpaired) electrons. The fourth-order valence-corrected chi connectivity index (χ4v) is 3.76. The Hall–Kier alpha value is -0.510. The lowest BCUT2D eigenvalue weighted by Crippen LogP contribution is -2.27. The van der Waals surface area contributed by atoms with Gasteiger partial charge in [-0.2, -0.15) is 0 Å². The Morgan fingerprint density at radius 2 is 2.10 bits per heavy atom. The van der Waals surface area contributed by atoms with Gasteiger partial charge in [0.2, 0.25) is 0 Å². The topological polar surface area (TPSA) is 80.3 Å². The normalized spacial score (nSPS) is 13.0. The van der Waals surface area contributed by atoms with Crippen molar-refractivity contribution in [1.82, 2.24) is 5.32 Å². The van der Waals surface area contributed by atoms with E-state index in [0.29, 0.717) is 0 Å². The van der Waals surface area contributed by atoms with E-state index >= 15 is 0 Å². The Labute approximate surface area is 130 Å². The molecular weight excluding hydrogens is 397 g/mol. The van der Waals surface area contributed by atoms with Crippen molar-refractivity contribution in [2.45, 2.75) is 4.90 Å². The SMILES string of the molecule is CS(=O)CCNC(=O)c1cc(F)c(Br)c(S(=O)(=O)Cl)c1. The standard InChI is InChI=1S/C10H10BrClFNO4S2/c1-19(16)3-2-14-10(15)6-4-7(13)9(11)8(5-6)20(12,17)18/h4-5H,2-3H2,1H3,(H,14,15). The van der Waals surface area contributed by atoms with Gasteiger partial charge in [0.15, 0.2) is 0 Å². The minimum atomic E-state index is -4.19. The largest absolute Gasteiger partial charge is 0.351 e. The van der Waals surface area contributed by atoms with Gasteiger partial charge in [0, 0.05) is 45.6 Å². The number of halogens is 3.